The van der Waals surface area contributed by atoms with Crippen LogP contribution in [0.25, 0.3) is 21.4 Å². The van der Waals surface area contributed by atoms with E-state index in [1.165, 1.54) is 6.07 Å². The number of hydrogen-bond acceptors (Lipinski definition) is 10. The predicted molar refractivity (Wildman–Crippen MR) is 127 cm³/mol. The molecule has 0 spiro atoms. The van der Waals surface area contributed by atoms with E-state index in [4.69, 9.17) is 9.25 Å². The van der Waals surface area contributed by atoms with E-state index in [-0.39, 0.29) is 52.0 Å². The van der Waals surface area contributed by atoms with Crippen molar-refractivity contribution in [2.45, 2.75) is 49.8 Å². The first kappa shape index (κ1) is 26.4. The fourth-order valence-electron chi connectivity index (χ4n) is 3.81. The Balaban J connectivity index is 1.45. The van der Waals surface area contributed by atoms with Crippen molar-refractivity contribution in [3.05, 3.63) is 45.4 Å². The van der Waals surface area contributed by atoms with Gasteiger partial charge in [0.15, 0.2) is 0 Å². The van der Waals surface area contributed by atoms with E-state index >= 15 is 0 Å². The van der Waals surface area contributed by atoms with Gasteiger partial charge in [0, 0.05) is 41.1 Å². The smallest absolute Gasteiger partial charge is 0.345 e. The number of benzene rings is 1. The van der Waals surface area contributed by atoms with E-state index in [0.29, 0.717) is 24.3 Å². The van der Waals surface area contributed by atoms with Gasteiger partial charge in [-0.1, -0.05) is 6.42 Å². The third-order valence-corrected chi connectivity index (χ3v) is 7.86. The largest absolute Gasteiger partial charge is 0.508 e. The number of thiophene rings is 1. The van der Waals surface area contributed by atoms with Crippen LogP contribution in [0.15, 0.2) is 38.4 Å². The number of carbonyl (C=O) groups is 3. The number of imide groups is 1. The molecule has 3 heterocycles. The molecule has 2 amide bonds. The van der Waals surface area contributed by atoms with Crippen LogP contribution in [0.3, 0.4) is 0 Å². The van der Waals surface area contributed by atoms with Crippen LogP contribution in [-0.2, 0) is 35.8 Å². The normalized spacial score (nSPS) is 14.1. The van der Waals surface area contributed by atoms with Crippen LogP contribution in [0, 0.1) is 5.82 Å². The van der Waals surface area contributed by atoms with Crippen molar-refractivity contribution in [2.24, 2.45) is 0 Å². The van der Waals surface area contributed by atoms with Gasteiger partial charge >= 0.3 is 11.6 Å². The Kier molecular flexibility index (Phi) is 7.43. The highest BCUT2D eigenvalue weighted by atomic mass is 32.2. The van der Waals surface area contributed by atoms with Gasteiger partial charge in [-0.3, -0.25) is 14.1 Å². The van der Waals surface area contributed by atoms with Gasteiger partial charge in [0.1, 0.15) is 22.0 Å². The molecule has 0 unspecified atom stereocenters. The average Bonchev–Trinajstić information content (AvgIpc) is 3.37. The molecule has 4 rings (SSSR count). The van der Waals surface area contributed by atoms with Crippen LogP contribution < -0.4 is 5.63 Å². The second kappa shape index (κ2) is 10.4. The van der Waals surface area contributed by atoms with Crippen molar-refractivity contribution >= 4 is 50.2 Å². The van der Waals surface area contributed by atoms with Crippen molar-refractivity contribution in [3.63, 3.8) is 0 Å². The average molecular weight is 554 g/mol. The second-order valence-corrected chi connectivity index (χ2v) is 10.8. The van der Waals surface area contributed by atoms with Crippen molar-refractivity contribution in [2.75, 3.05) is 0 Å². The summed E-state index contributed by atoms with van der Waals surface area (Å²) in [7, 11) is -4.64. The minimum atomic E-state index is -4.64. The first-order chi connectivity index (χ1) is 17.4. The highest BCUT2D eigenvalue weighted by Gasteiger charge is 2.32. The number of halogens is 1. The molecule has 3 aromatic rings. The molecule has 11 nitrogen and oxygen atoms in total. The zero-order valence-corrected chi connectivity index (χ0v) is 20.7. The Bertz CT molecular complexity index is 1560. The van der Waals surface area contributed by atoms with Crippen molar-refractivity contribution in [1.29, 1.82) is 0 Å². The Labute approximate surface area is 212 Å². The van der Waals surface area contributed by atoms with Gasteiger partial charge in [-0.05, 0) is 31.4 Å². The molecule has 2 aromatic heterocycles. The monoisotopic (exact) mass is 553 g/mol. The summed E-state index contributed by atoms with van der Waals surface area (Å²) in [4.78, 5) is 52.1. The van der Waals surface area contributed by atoms with Crippen LogP contribution >= 0.6 is 11.3 Å². The highest BCUT2D eigenvalue weighted by Crippen LogP contribution is 2.35. The number of hydroxylamine groups is 2. The van der Waals surface area contributed by atoms with E-state index in [0.717, 1.165) is 29.5 Å². The number of amides is 2. The molecule has 37 heavy (non-hydrogen) atoms. The molecule has 1 saturated heterocycles. The molecule has 0 radical (unpaired) electrons. The third kappa shape index (κ3) is 5.87. The lowest BCUT2D eigenvalue weighted by Crippen LogP contribution is -2.31. The molecular formula is C23H20FNO10S2. The van der Waals surface area contributed by atoms with E-state index in [9.17, 15) is 41.6 Å². The molecule has 1 aliphatic heterocycles. The van der Waals surface area contributed by atoms with Gasteiger partial charge in [-0.25, -0.2) is 14.0 Å². The van der Waals surface area contributed by atoms with Crippen LogP contribution in [0.1, 0.15) is 43.4 Å². The summed E-state index contributed by atoms with van der Waals surface area (Å²) in [5, 5.41) is 9.87. The molecule has 1 aromatic carbocycles. The topological polar surface area (TPSA) is 168 Å². The van der Waals surface area contributed by atoms with E-state index in [1.807, 2.05) is 0 Å². The minimum Gasteiger partial charge on any atom is -0.508 e. The number of phenolic OH excluding ortho intramolecular Hbond substituents is 1. The van der Waals surface area contributed by atoms with Crippen LogP contribution in [0.5, 0.6) is 5.75 Å². The minimum absolute atomic E-state index is 0.00925. The lowest BCUT2D eigenvalue weighted by Gasteiger charge is -2.12. The Morgan fingerprint density at radius 1 is 1.08 bits per heavy atom. The summed E-state index contributed by atoms with van der Waals surface area (Å²) in [6.07, 6.45) is 1.26. The highest BCUT2D eigenvalue weighted by molar-refractivity contribution is 7.86. The maximum Gasteiger partial charge on any atom is 0.345 e. The lowest BCUT2D eigenvalue weighted by atomic mass is 10.1. The predicted octanol–water partition coefficient (Wildman–Crippen LogP) is 3.32. The summed E-state index contributed by atoms with van der Waals surface area (Å²) in [5.41, 5.74) is -1.19. The Morgan fingerprint density at radius 2 is 1.78 bits per heavy atom. The summed E-state index contributed by atoms with van der Waals surface area (Å²) in [6.45, 7) is 0. The first-order valence-electron chi connectivity index (χ1n) is 11.1. The maximum atomic E-state index is 14.3. The number of fused-ring (bicyclic) bond motifs is 1. The molecule has 1 fully saturated rings. The first-order valence-corrected chi connectivity index (χ1v) is 13.3. The van der Waals surface area contributed by atoms with Gasteiger partial charge < -0.3 is 14.4 Å². The van der Waals surface area contributed by atoms with Crippen molar-refractivity contribution < 1.29 is 46.1 Å². The van der Waals surface area contributed by atoms with Crippen molar-refractivity contribution in [1.82, 2.24) is 5.06 Å². The molecule has 0 saturated carbocycles. The number of aryl methyl sites for hydroxylation is 1. The molecule has 0 atom stereocenters. The van der Waals surface area contributed by atoms with Crippen LogP contribution in [0.2, 0.25) is 0 Å². The number of carbonyl (C=O) groups excluding carboxylic acids is 3. The molecule has 0 aliphatic carbocycles. The standard InChI is InChI=1S/C23H20FNO10S2/c24-15-8-12(26)9-16-13(15)10-14(23(30)34-16)18-11-19(37(31,32)33)17(36-18)4-2-1-3-5-22(29)35-25-20(27)6-7-21(25)28/h8-11,26H,1-7H2,(H,31,32,33). The number of aromatic hydroxyl groups is 1. The fourth-order valence-corrected chi connectivity index (χ4v) is 6.08. The van der Waals surface area contributed by atoms with Crippen LogP contribution in [-0.4, -0.2) is 40.9 Å². The quantitative estimate of drug-likeness (QED) is 0.173. The fraction of sp³-hybridized carbons (Fsp3) is 0.304. The molecular weight excluding hydrogens is 533 g/mol. The SMILES string of the molecule is O=C(CCCCCc1sc(-c2cc3c(F)cc(O)cc3oc2=O)cc1S(=O)(=O)O)ON1C(=O)CCC1=O. The molecule has 1 aliphatic rings. The van der Waals surface area contributed by atoms with Gasteiger partial charge in [0.05, 0.1) is 10.9 Å². The maximum absolute atomic E-state index is 14.3. The summed E-state index contributed by atoms with van der Waals surface area (Å²) >= 11 is 0.913. The molecule has 196 valence electrons. The number of rotatable bonds is 9. The zero-order chi connectivity index (χ0) is 26.9. The second-order valence-electron chi connectivity index (χ2n) is 8.27. The van der Waals surface area contributed by atoms with E-state index in [1.54, 1.807) is 0 Å². The Hall–Kier alpha value is -3.62. The number of phenols is 1. The Morgan fingerprint density at radius 3 is 2.46 bits per heavy atom. The van der Waals surface area contributed by atoms with E-state index < -0.39 is 50.0 Å². The lowest BCUT2D eigenvalue weighted by molar-refractivity contribution is -0.197. The number of hydrogen-bond donors (Lipinski definition) is 2. The van der Waals surface area contributed by atoms with Gasteiger partial charge in [-0.15, -0.1) is 16.4 Å². The number of nitrogens with zero attached hydrogens (tertiary/aromatic N) is 1. The van der Waals surface area contributed by atoms with Gasteiger partial charge in [-0.2, -0.15) is 8.42 Å². The number of unbranched alkanes of at least 4 members (excludes halogenated alkanes) is 2. The summed E-state index contributed by atoms with van der Waals surface area (Å²) < 4.78 is 52.9. The van der Waals surface area contributed by atoms with E-state index in [2.05, 4.69) is 0 Å². The summed E-state index contributed by atoms with van der Waals surface area (Å²) in [6, 6.07) is 4.20. The van der Waals surface area contributed by atoms with Gasteiger partial charge in [0.25, 0.3) is 21.9 Å². The zero-order valence-electron chi connectivity index (χ0n) is 19.1. The molecule has 2 N–H and O–H groups in total. The van der Waals surface area contributed by atoms with Crippen molar-refractivity contribution in [3.8, 4) is 16.2 Å². The third-order valence-electron chi connectivity index (χ3n) is 5.58. The summed E-state index contributed by atoms with van der Waals surface area (Å²) in [5.74, 6) is -3.18. The van der Waals surface area contributed by atoms with Gasteiger partial charge in [0.2, 0.25) is 0 Å². The molecule has 0 bridgehead atoms. The van der Waals surface area contributed by atoms with Crippen LogP contribution in [0.4, 0.5) is 4.39 Å². The molecule has 14 heteroatoms.